The first-order valence-electron chi connectivity index (χ1n) is 9.34. The third-order valence-electron chi connectivity index (χ3n) is 4.54. The van der Waals surface area contributed by atoms with Gasteiger partial charge in [-0.3, -0.25) is 4.79 Å². The number of hydrazone groups is 1. The third-order valence-corrected chi connectivity index (χ3v) is 4.54. The topological polar surface area (TPSA) is 70.7 Å². The minimum absolute atomic E-state index is 0.353. The van der Waals surface area contributed by atoms with Crippen LogP contribution in [0.5, 0.6) is 0 Å². The maximum absolute atomic E-state index is 12.6. The fourth-order valence-corrected chi connectivity index (χ4v) is 3.01. The van der Waals surface area contributed by atoms with E-state index in [-0.39, 0.29) is 5.91 Å². The second-order valence-corrected chi connectivity index (χ2v) is 6.29. The number of amides is 1. The zero-order valence-electron chi connectivity index (χ0n) is 16.3. The molecule has 1 amide bonds. The monoisotopic (exact) mass is 376 g/mol. The highest BCUT2D eigenvalue weighted by Crippen LogP contribution is 2.24. The molecule has 0 atom stereocenters. The molecule has 0 unspecified atom stereocenters. The van der Waals surface area contributed by atoms with E-state index in [2.05, 4.69) is 34.4 Å². The van der Waals surface area contributed by atoms with Crippen molar-refractivity contribution in [2.75, 3.05) is 18.0 Å². The first kappa shape index (κ1) is 19.4. The quantitative estimate of drug-likeness (QED) is 0.494. The number of carbonyl (C=O) groups is 1. The van der Waals surface area contributed by atoms with E-state index in [4.69, 9.17) is 4.52 Å². The number of anilines is 1. The van der Waals surface area contributed by atoms with Crippen LogP contribution in [0.1, 0.15) is 35.5 Å². The molecule has 0 aliphatic rings. The highest BCUT2D eigenvalue weighted by atomic mass is 16.5. The van der Waals surface area contributed by atoms with Gasteiger partial charge in [-0.05, 0) is 38.5 Å². The second-order valence-electron chi connectivity index (χ2n) is 6.29. The maximum atomic E-state index is 12.6. The van der Waals surface area contributed by atoms with Crippen LogP contribution in [0.15, 0.2) is 64.2 Å². The van der Waals surface area contributed by atoms with Gasteiger partial charge in [-0.25, -0.2) is 5.43 Å². The van der Waals surface area contributed by atoms with E-state index in [0.717, 1.165) is 24.2 Å². The highest BCUT2D eigenvalue weighted by Gasteiger charge is 2.21. The summed E-state index contributed by atoms with van der Waals surface area (Å²) in [4.78, 5) is 14.9. The lowest BCUT2D eigenvalue weighted by Gasteiger charge is -2.20. The highest BCUT2D eigenvalue weighted by molar-refractivity contribution is 6.01. The fourth-order valence-electron chi connectivity index (χ4n) is 3.01. The van der Waals surface area contributed by atoms with Gasteiger partial charge in [0.1, 0.15) is 17.0 Å². The Kier molecular flexibility index (Phi) is 6.22. The lowest BCUT2D eigenvalue weighted by Crippen LogP contribution is -2.21. The molecular weight excluding hydrogens is 352 g/mol. The molecule has 0 saturated heterocycles. The van der Waals surface area contributed by atoms with E-state index in [1.165, 1.54) is 5.69 Å². The number of aromatic nitrogens is 1. The van der Waals surface area contributed by atoms with Gasteiger partial charge >= 0.3 is 0 Å². The molecule has 144 valence electrons. The molecule has 0 bridgehead atoms. The standard InChI is InChI=1S/C22H24N4O2/c1-4-26(5-2)19-13-11-17(12-14-19)15-23-24-22(27)20-16(3)28-25-21(20)18-9-7-6-8-10-18/h6-15H,4-5H2,1-3H3,(H,24,27)/b23-15-. The van der Waals surface area contributed by atoms with Gasteiger partial charge in [-0.1, -0.05) is 47.6 Å². The van der Waals surface area contributed by atoms with Gasteiger partial charge in [0.15, 0.2) is 0 Å². The summed E-state index contributed by atoms with van der Waals surface area (Å²) in [6.45, 7) is 7.89. The molecule has 3 rings (SSSR count). The van der Waals surface area contributed by atoms with Crippen molar-refractivity contribution < 1.29 is 9.32 Å². The Labute approximate surface area is 164 Å². The number of aryl methyl sites for hydroxylation is 1. The molecule has 6 nitrogen and oxygen atoms in total. The molecule has 3 aromatic rings. The SMILES string of the molecule is CCN(CC)c1ccc(/C=N\NC(=O)c2c(-c3ccccc3)noc2C)cc1. The molecule has 0 saturated carbocycles. The molecule has 6 heteroatoms. The van der Waals surface area contributed by atoms with Crippen molar-refractivity contribution in [3.8, 4) is 11.3 Å². The van der Waals surface area contributed by atoms with Crippen LogP contribution in [0.25, 0.3) is 11.3 Å². The molecule has 1 heterocycles. The zero-order valence-corrected chi connectivity index (χ0v) is 16.3. The normalized spacial score (nSPS) is 11.0. The van der Waals surface area contributed by atoms with E-state index >= 15 is 0 Å². The summed E-state index contributed by atoms with van der Waals surface area (Å²) in [7, 11) is 0. The number of nitrogens with one attached hydrogen (secondary N) is 1. The average Bonchev–Trinajstić information content (AvgIpc) is 3.12. The minimum atomic E-state index is -0.353. The molecule has 28 heavy (non-hydrogen) atoms. The van der Waals surface area contributed by atoms with Crippen LogP contribution in [-0.2, 0) is 0 Å². The van der Waals surface area contributed by atoms with E-state index in [1.54, 1.807) is 13.1 Å². The van der Waals surface area contributed by atoms with Gasteiger partial charge in [0.05, 0.1) is 6.21 Å². The van der Waals surface area contributed by atoms with E-state index in [1.807, 2.05) is 54.6 Å². The van der Waals surface area contributed by atoms with Crippen LogP contribution < -0.4 is 10.3 Å². The number of hydrogen-bond donors (Lipinski definition) is 1. The van der Waals surface area contributed by atoms with Crippen LogP contribution in [0.2, 0.25) is 0 Å². The number of benzene rings is 2. The number of hydrogen-bond acceptors (Lipinski definition) is 5. The number of rotatable bonds is 7. The summed E-state index contributed by atoms with van der Waals surface area (Å²) in [5.41, 5.74) is 6.35. The van der Waals surface area contributed by atoms with Gasteiger partial charge in [-0.2, -0.15) is 5.10 Å². The lowest BCUT2D eigenvalue weighted by molar-refractivity contribution is 0.0954. The Hall–Kier alpha value is -3.41. The number of nitrogens with zero attached hydrogens (tertiary/aromatic N) is 3. The van der Waals surface area contributed by atoms with E-state index < -0.39 is 0 Å². The minimum Gasteiger partial charge on any atom is -0.372 e. The second kappa shape index (κ2) is 8.99. The predicted octanol–water partition coefficient (Wildman–Crippen LogP) is 4.26. The smallest absolute Gasteiger partial charge is 0.277 e. The van der Waals surface area contributed by atoms with Crippen molar-refractivity contribution in [3.05, 3.63) is 71.5 Å². The van der Waals surface area contributed by atoms with Crippen molar-refractivity contribution in [1.29, 1.82) is 0 Å². The largest absolute Gasteiger partial charge is 0.372 e. The third kappa shape index (κ3) is 4.28. The average molecular weight is 376 g/mol. The van der Waals surface area contributed by atoms with Gasteiger partial charge in [0.25, 0.3) is 5.91 Å². The Bertz CT molecular complexity index is 942. The first-order chi connectivity index (χ1) is 13.6. The Balaban J connectivity index is 1.70. The lowest BCUT2D eigenvalue weighted by atomic mass is 10.1. The van der Waals surface area contributed by atoms with Gasteiger partial charge in [-0.15, -0.1) is 0 Å². The van der Waals surface area contributed by atoms with Crippen molar-refractivity contribution >= 4 is 17.8 Å². The summed E-state index contributed by atoms with van der Waals surface area (Å²) >= 11 is 0. The Morgan fingerprint density at radius 1 is 1.11 bits per heavy atom. The predicted molar refractivity (Wildman–Crippen MR) is 112 cm³/mol. The molecule has 0 aliphatic heterocycles. The van der Waals surface area contributed by atoms with Crippen LogP contribution in [0.3, 0.4) is 0 Å². The molecule has 1 aromatic heterocycles. The van der Waals surface area contributed by atoms with Crippen LogP contribution >= 0.6 is 0 Å². The molecule has 1 N–H and O–H groups in total. The van der Waals surface area contributed by atoms with Crippen molar-refractivity contribution in [1.82, 2.24) is 10.6 Å². The fraction of sp³-hybridized carbons (Fsp3) is 0.227. The Morgan fingerprint density at radius 2 is 1.79 bits per heavy atom. The molecule has 0 aliphatic carbocycles. The van der Waals surface area contributed by atoms with Crippen LogP contribution in [0, 0.1) is 6.92 Å². The first-order valence-corrected chi connectivity index (χ1v) is 9.34. The van der Waals surface area contributed by atoms with Crippen LogP contribution in [0.4, 0.5) is 5.69 Å². The molecule has 0 fully saturated rings. The molecular formula is C22H24N4O2. The molecule has 0 radical (unpaired) electrons. The van der Waals surface area contributed by atoms with Crippen molar-refractivity contribution in [2.45, 2.75) is 20.8 Å². The maximum Gasteiger partial charge on any atom is 0.277 e. The van der Waals surface area contributed by atoms with Crippen molar-refractivity contribution in [3.63, 3.8) is 0 Å². The number of carbonyl (C=O) groups excluding carboxylic acids is 1. The van der Waals surface area contributed by atoms with E-state index in [9.17, 15) is 4.79 Å². The summed E-state index contributed by atoms with van der Waals surface area (Å²) in [5.74, 6) is 0.101. The van der Waals surface area contributed by atoms with Gasteiger partial charge in [0, 0.05) is 24.3 Å². The van der Waals surface area contributed by atoms with E-state index in [0.29, 0.717) is 17.0 Å². The zero-order chi connectivity index (χ0) is 19.9. The summed E-state index contributed by atoms with van der Waals surface area (Å²) in [5, 5.41) is 8.10. The van der Waals surface area contributed by atoms with Gasteiger partial charge in [0.2, 0.25) is 0 Å². The molecule has 2 aromatic carbocycles. The van der Waals surface area contributed by atoms with Crippen molar-refractivity contribution in [2.24, 2.45) is 5.10 Å². The summed E-state index contributed by atoms with van der Waals surface area (Å²) < 4.78 is 5.23. The van der Waals surface area contributed by atoms with Crippen LogP contribution in [-0.4, -0.2) is 30.4 Å². The van der Waals surface area contributed by atoms with Gasteiger partial charge < -0.3 is 9.42 Å². The molecule has 0 spiro atoms. The Morgan fingerprint density at radius 3 is 2.43 bits per heavy atom. The summed E-state index contributed by atoms with van der Waals surface area (Å²) in [6.07, 6.45) is 1.62. The summed E-state index contributed by atoms with van der Waals surface area (Å²) in [6, 6.07) is 17.5.